The Morgan fingerprint density at radius 3 is 2.29 bits per heavy atom. The zero-order valence-corrected chi connectivity index (χ0v) is 21.9. The highest BCUT2D eigenvalue weighted by molar-refractivity contribution is 9.10. The molecule has 0 aliphatic carbocycles. The maximum Gasteiger partial charge on any atom is 0.272 e. The van der Waals surface area contributed by atoms with Crippen molar-refractivity contribution in [1.82, 2.24) is 29.8 Å². The third-order valence-corrected chi connectivity index (χ3v) is 7.04. The number of aromatic nitrogens is 6. The van der Waals surface area contributed by atoms with Gasteiger partial charge in [-0.25, -0.2) is 5.10 Å². The molecule has 6 aromatic rings. The molecular weight excluding hydrogens is 548 g/mol. The predicted molar refractivity (Wildman–Crippen MR) is 149 cm³/mol. The molecule has 38 heavy (non-hydrogen) atoms. The van der Waals surface area contributed by atoms with Gasteiger partial charge < -0.3 is 19.8 Å². The largest absolute Gasteiger partial charge is 0.340 e. The summed E-state index contributed by atoms with van der Waals surface area (Å²) in [6, 6.07) is 22.5. The molecule has 6 rings (SSSR count). The zero-order valence-electron chi connectivity index (χ0n) is 20.4. The fourth-order valence-electron chi connectivity index (χ4n) is 4.71. The Morgan fingerprint density at radius 2 is 1.53 bits per heavy atom. The van der Waals surface area contributed by atoms with Gasteiger partial charge in [-0.15, -0.1) is 5.10 Å². The summed E-state index contributed by atoms with van der Waals surface area (Å²) in [5.41, 5.74) is 4.47. The number of nitrogens with zero attached hydrogens (tertiary/aromatic N) is 5. The van der Waals surface area contributed by atoms with Crippen LogP contribution in [-0.2, 0) is 14.1 Å². The monoisotopic (exact) mass is 568 g/mol. The summed E-state index contributed by atoms with van der Waals surface area (Å²) >= 11 is 3.45. The third kappa shape index (κ3) is 4.02. The predicted octanol–water partition coefficient (Wildman–Crippen LogP) is 5.12. The van der Waals surface area contributed by atoms with Crippen molar-refractivity contribution in [2.45, 2.75) is 0 Å². The van der Waals surface area contributed by atoms with Crippen molar-refractivity contribution in [3.63, 3.8) is 0 Å². The molecule has 3 N–H and O–H groups in total. The molecule has 0 saturated carbocycles. The number of carbonyl (C=O) groups excluding carboxylic acids is 2. The molecular formula is C27H21BrN8O2. The topological polar surface area (TPSA) is 123 Å². The minimum Gasteiger partial charge on any atom is -0.340 e. The molecule has 0 aliphatic rings. The number of anilines is 2. The molecule has 188 valence electrons. The number of rotatable bonds is 5. The first-order valence-corrected chi connectivity index (χ1v) is 12.5. The molecule has 3 heterocycles. The Morgan fingerprint density at radius 1 is 0.816 bits per heavy atom. The number of nitrogens with one attached hydrogen (secondary N) is 3. The molecule has 0 atom stereocenters. The quantitative estimate of drug-likeness (QED) is 0.266. The van der Waals surface area contributed by atoms with Crippen LogP contribution in [0.1, 0.15) is 21.0 Å². The third-order valence-electron chi connectivity index (χ3n) is 6.55. The average Bonchev–Trinajstić information content (AvgIpc) is 3.64. The van der Waals surface area contributed by atoms with Crippen molar-refractivity contribution >= 4 is 60.9 Å². The van der Waals surface area contributed by atoms with E-state index >= 15 is 0 Å². The molecule has 0 spiro atoms. The van der Waals surface area contributed by atoms with E-state index in [0.717, 1.165) is 26.3 Å². The van der Waals surface area contributed by atoms with Crippen molar-refractivity contribution in [3.05, 3.63) is 88.7 Å². The SMILES string of the molecule is Cn1c(C(=O)Nc2cccc3cc(C(=O)Nc4ccc(Br)cc4-c4nnn[nH]4)n(C)c23)cc2ccccc21. The van der Waals surface area contributed by atoms with Gasteiger partial charge >= 0.3 is 0 Å². The lowest BCUT2D eigenvalue weighted by atomic mass is 10.1. The fourth-order valence-corrected chi connectivity index (χ4v) is 5.07. The summed E-state index contributed by atoms with van der Waals surface area (Å²) in [6.07, 6.45) is 0. The Hall–Kier alpha value is -4.77. The number of fused-ring (bicyclic) bond motifs is 2. The normalized spacial score (nSPS) is 11.2. The van der Waals surface area contributed by atoms with Gasteiger partial charge in [-0.1, -0.05) is 46.3 Å². The second-order valence-electron chi connectivity index (χ2n) is 8.83. The van der Waals surface area contributed by atoms with Crippen LogP contribution in [0.5, 0.6) is 0 Å². The maximum absolute atomic E-state index is 13.4. The number of H-pyrrole nitrogens is 1. The van der Waals surface area contributed by atoms with Crippen LogP contribution in [0.4, 0.5) is 11.4 Å². The van der Waals surface area contributed by atoms with Crippen LogP contribution >= 0.6 is 15.9 Å². The van der Waals surface area contributed by atoms with Crippen LogP contribution < -0.4 is 10.6 Å². The molecule has 0 aliphatic heterocycles. The number of aromatic amines is 1. The van der Waals surface area contributed by atoms with Crippen LogP contribution in [0.3, 0.4) is 0 Å². The number of amides is 2. The zero-order chi connectivity index (χ0) is 26.4. The minimum atomic E-state index is -0.314. The molecule has 0 radical (unpaired) electrons. The van der Waals surface area contributed by atoms with E-state index in [9.17, 15) is 9.59 Å². The second-order valence-corrected chi connectivity index (χ2v) is 9.74. The lowest BCUT2D eigenvalue weighted by molar-refractivity contribution is 0.101. The summed E-state index contributed by atoms with van der Waals surface area (Å²) in [5.74, 6) is -0.119. The van der Waals surface area contributed by atoms with Crippen molar-refractivity contribution < 1.29 is 9.59 Å². The first-order valence-electron chi connectivity index (χ1n) is 11.7. The number of para-hydroxylation sites is 2. The lowest BCUT2D eigenvalue weighted by Gasteiger charge is -2.12. The van der Waals surface area contributed by atoms with Crippen LogP contribution in [0.15, 0.2) is 77.3 Å². The van der Waals surface area contributed by atoms with E-state index in [0.29, 0.717) is 34.2 Å². The number of halogens is 1. The first kappa shape index (κ1) is 23.6. The highest BCUT2D eigenvalue weighted by atomic mass is 79.9. The molecule has 0 bridgehead atoms. The minimum absolute atomic E-state index is 0.233. The number of tetrazole rings is 1. The van der Waals surface area contributed by atoms with Gasteiger partial charge in [-0.05, 0) is 52.9 Å². The van der Waals surface area contributed by atoms with Gasteiger partial charge in [-0.2, -0.15) is 0 Å². The first-order chi connectivity index (χ1) is 18.4. The van der Waals surface area contributed by atoms with Gasteiger partial charge in [0.15, 0.2) is 5.82 Å². The van der Waals surface area contributed by atoms with E-state index in [1.54, 1.807) is 23.7 Å². The Kier molecular flexibility index (Phi) is 5.76. The van der Waals surface area contributed by atoms with E-state index in [1.165, 1.54) is 0 Å². The van der Waals surface area contributed by atoms with Crippen LogP contribution in [0, 0.1) is 0 Å². The van der Waals surface area contributed by atoms with E-state index in [2.05, 4.69) is 47.2 Å². The fraction of sp³-hybridized carbons (Fsp3) is 0.0741. The Bertz CT molecular complexity index is 1850. The van der Waals surface area contributed by atoms with Crippen LogP contribution in [-0.4, -0.2) is 41.6 Å². The lowest BCUT2D eigenvalue weighted by Crippen LogP contribution is -2.18. The summed E-state index contributed by atoms with van der Waals surface area (Å²) in [6.45, 7) is 0. The molecule has 0 fully saturated rings. The van der Waals surface area contributed by atoms with Crippen molar-refractivity contribution in [1.29, 1.82) is 0 Å². The van der Waals surface area contributed by atoms with Crippen molar-refractivity contribution in [2.24, 2.45) is 14.1 Å². The number of hydrogen-bond donors (Lipinski definition) is 3. The second kappa shape index (κ2) is 9.27. The summed E-state index contributed by atoms with van der Waals surface area (Å²) in [5, 5.41) is 21.8. The summed E-state index contributed by atoms with van der Waals surface area (Å²) in [7, 11) is 3.67. The molecule has 2 amide bonds. The van der Waals surface area contributed by atoms with Gasteiger partial charge in [-0.3, -0.25) is 9.59 Å². The number of aryl methyl sites for hydroxylation is 2. The molecule has 10 nitrogen and oxygen atoms in total. The standard InChI is InChI=1S/C27H21BrN8O2/c1-35-21-9-4-3-6-15(21)12-22(35)26(37)30-20-8-5-7-16-13-23(36(2)24(16)20)27(38)29-19-11-10-17(28)14-18(19)25-31-33-34-32-25/h3-14H,1-2H3,(H,29,38)(H,30,37)(H,31,32,33,34). The average molecular weight is 569 g/mol. The Balaban J connectivity index is 1.33. The molecule has 0 unspecified atom stereocenters. The van der Waals surface area contributed by atoms with Crippen molar-refractivity contribution in [2.75, 3.05) is 10.6 Å². The number of carbonyl (C=O) groups is 2. The summed E-state index contributed by atoms with van der Waals surface area (Å²) in [4.78, 5) is 26.7. The van der Waals surface area contributed by atoms with Gasteiger partial charge in [0, 0.05) is 40.4 Å². The van der Waals surface area contributed by atoms with Crippen LogP contribution in [0.2, 0.25) is 0 Å². The summed E-state index contributed by atoms with van der Waals surface area (Å²) < 4.78 is 4.46. The highest BCUT2D eigenvalue weighted by Crippen LogP contribution is 2.31. The van der Waals surface area contributed by atoms with E-state index in [1.807, 2.05) is 72.3 Å². The van der Waals surface area contributed by atoms with E-state index < -0.39 is 0 Å². The highest BCUT2D eigenvalue weighted by Gasteiger charge is 2.20. The molecule has 11 heteroatoms. The Labute approximate surface area is 224 Å². The molecule has 3 aromatic carbocycles. The van der Waals surface area contributed by atoms with Crippen molar-refractivity contribution in [3.8, 4) is 11.4 Å². The van der Waals surface area contributed by atoms with E-state index in [4.69, 9.17) is 0 Å². The maximum atomic E-state index is 13.4. The van der Waals surface area contributed by atoms with Gasteiger partial charge in [0.05, 0.1) is 16.9 Å². The van der Waals surface area contributed by atoms with Gasteiger partial charge in [0.2, 0.25) is 0 Å². The number of benzene rings is 3. The van der Waals surface area contributed by atoms with E-state index in [-0.39, 0.29) is 11.8 Å². The number of hydrogen-bond acceptors (Lipinski definition) is 5. The smallest absolute Gasteiger partial charge is 0.272 e. The van der Waals surface area contributed by atoms with Gasteiger partial charge in [0.25, 0.3) is 11.8 Å². The molecule has 0 saturated heterocycles. The van der Waals surface area contributed by atoms with Gasteiger partial charge in [0.1, 0.15) is 11.4 Å². The molecule has 3 aromatic heterocycles. The van der Waals surface area contributed by atoms with Crippen LogP contribution in [0.25, 0.3) is 33.2 Å².